The van der Waals surface area contributed by atoms with E-state index >= 15 is 0 Å². The second-order valence-electron chi connectivity index (χ2n) is 10.9. The molecule has 1 saturated heterocycles. The Bertz CT molecular complexity index is 1240. The fourth-order valence-corrected chi connectivity index (χ4v) is 6.09. The van der Waals surface area contributed by atoms with Crippen molar-refractivity contribution in [1.82, 2.24) is 9.97 Å². The normalized spacial score (nSPS) is 23.5. The summed E-state index contributed by atoms with van der Waals surface area (Å²) < 4.78 is 26.4. The van der Waals surface area contributed by atoms with Gasteiger partial charge in [0.15, 0.2) is 17.3 Å². The molecule has 2 fully saturated rings. The maximum absolute atomic E-state index is 14.6. The predicted molar refractivity (Wildman–Crippen MR) is 139 cm³/mol. The summed E-state index contributed by atoms with van der Waals surface area (Å²) in [6.07, 6.45) is 5.06. The molecule has 1 N–H and O–H groups in total. The summed E-state index contributed by atoms with van der Waals surface area (Å²) >= 11 is 0. The minimum absolute atomic E-state index is 0.0945. The minimum atomic E-state index is -0.889. The first-order valence-electron chi connectivity index (χ1n) is 13.4. The summed E-state index contributed by atoms with van der Waals surface area (Å²) in [6, 6.07) is 12.6. The van der Waals surface area contributed by atoms with Gasteiger partial charge in [-0.25, -0.2) is 9.37 Å². The summed E-state index contributed by atoms with van der Waals surface area (Å²) in [5.41, 5.74) is 1.63. The van der Waals surface area contributed by atoms with Crippen LogP contribution in [0.5, 0.6) is 5.75 Å². The molecule has 1 aliphatic carbocycles. The number of aryl methyl sites for hydroxylation is 1. The Kier molecular flexibility index (Phi) is 7.06. The molecule has 1 aromatic heterocycles. The Balaban J connectivity index is 1.35. The zero-order chi connectivity index (χ0) is 26.2. The first-order valence-corrected chi connectivity index (χ1v) is 13.4. The van der Waals surface area contributed by atoms with E-state index in [1.54, 1.807) is 6.07 Å². The second kappa shape index (κ2) is 10.3. The number of cyclic esters (lactones) is 1. The number of hydrogen-bond acceptors (Lipinski definition) is 5. The standard InChI is InChI=1S/C30H35FN2O4/c1-18(2)36-26-13-12-20(16-22(26)31)14-15-30(21-8-4-5-9-21)17-25(34)27(29(35)37-30)19(3)28-32-23-10-6-7-11-24(23)33-28/h6-7,10-13,16,18-19,21,27H,4-5,8-9,14-15,17H2,1-3H3,(H,32,33). The van der Waals surface area contributed by atoms with Gasteiger partial charge in [-0.3, -0.25) is 9.59 Å². The molecule has 7 heteroatoms. The maximum Gasteiger partial charge on any atom is 0.317 e. The zero-order valence-electron chi connectivity index (χ0n) is 21.8. The molecule has 2 aromatic carbocycles. The average molecular weight is 507 g/mol. The van der Waals surface area contributed by atoms with Gasteiger partial charge in [0.1, 0.15) is 17.3 Å². The number of carbonyl (C=O) groups excluding carboxylic acids is 2. The average Bonchev–Trinajstić information content (AvgIpc) is 3.54. The minimum Gasteiger partial charge on any atom is -0.488 e. The number of para-hydroxylation sites is 2. The lowest BCUT2D eigenvalue weighted by Gasteiger charge is -2.43. The third kappa shape index (κ3) is 5.13. The van der Waals surface area contributed by atoms with Crippen LogP contribution >= 0.6 is 0 Å². The quantitative estimate of drug-likeness (QED) is 0.287. The van der Waals surface area contributed by atoms with E-state index < -0.39 is 29.2 Å². The van der Waals surface area contributed by atoms with E-state index in [-0.39, 0.29) is 30.0 Å². The highest BCUT2D eigenvalue weighted by Gasteiger charge is 2.53. The number of esters is 1. The number of imidazole rings is 1. The molecular formula is C30H35FN2O4. The first-order chi connectivity index (χ1) is 17.8. The lowest BCUT2D eigenvalue weighted by atomic mass is 9.72. The van der Waals surface area contributed by atoms with Crippen molar-refractivity contribution in [2.45, 2.75) is 83.3 Å². The molecule has 1 aliphatic heterocycles. The molecule has 3 aromatic rings. The highest BCUT2D eigenvalue weighted by atomic mass is 19.1. The van der Waals surface area contributed by atoms with Crippen molar-refractivity contribution >= 4 is 22.8 Å². The number of aromatic amines is 1. The van der Waals surface area contributed by atoms with Crippen LogP contribution in [0.25, 0.3) is 11.0 Å². The number of ketones is 1. The largest absolute Gasteiger partial charge is 0.488 e. The lowest BCUT2D eigenvalue weighted by Crippen LogP contribution is -2.52. The molecule has 0 bridgehead atoms. The van der Waals surface area contributed by atoms with Crippen molar-refractivity contribution in [1.29, 1.82) is 0 Å². The number of H-pyrrole nitrogens is 1. The Hall–Kier alpha value is -3.22. The van der Waals surface area contributed by atoms with Gasteiger partial charge in [0.05, 0.1) is 17.1 Å². The van der Waals surface area contributed by atoms with Crippen LogP contribution in [0.2, 0.25) is 0 Å². The van der Waals surface area contributed by atoms with Gasteiger partial charge in [-0.05, 0) is 75.3 Å². The molecular weight excluding hydrogens is 471 g/mol. The highest BCUT2D eigenvalue weighted by Crippen LogP contribution is 2.46. The smallest absolute Gasteiger partial charge is 0.317 e. The van der Waals surface area contributed by atoms with E-state index in [0.29, 0.717) is 18.7 Å². The van der Waals surface area contributed by atoms with Crippen molar-refractivity contribution in [2.24, 2.45) is 11.8 Å². The van der Waals surface area contributed by atoms with Gasteiger partial charge >= 0.3 is 5.97 Å². The van der Waals surface area contributed by atoms with E-state index in [1.807, 2.05) is 51.1 Å². The van der Waals surface area contributed by atoms with Gasteiger partial charge in [0.2, 0.25) is 0 Å². The Morgan fingerprint density at radius 1 is 1.14 bits per heavy atom. The molecule has 0 radical (unpaired) electrons. The van der Waals surface area contributed by atoms with Crippen molar-refractivity contribution in [3.8, 4) is 5.75 Å². The molecule has 3 unspecified atom stereocenters. The van der Waals surface area contributed by atoms with Crippen molar-refractivity contribution in [3.63, 3.8) is 0 Å². The van der Waals surface area contributed by atoms with E-state index in [1.165, 1.54) is 6.07 Å². The van der Waals surface area contributed by atoms with Crippen LogP contribution in [0.4, 0.5) is 4.39 Å². The fraction of sp³-hybridized carbons (Fsp3) is 0.500. The number of nitrogens with zero attached hydrogens (tertiary/aromatic N) is 1. The Morgan fingerprint density at radius 3 is 2.57 bits per heavy atom. The van der Waals surface area contributed by atoms with Gasteiger partial charge in [-0.1, -0.05) is 38.0 Å². The molecule has 0 amide bonds. The zero-order valence-corrected chi connectivity index (χ0v) is 21.8. The van der Waals surface area contributed by atoms with Crippen LogP contribution in [0.15, 0.2) is 42.5 Å². The third-order valence-electron chi connectivity index (χ3n) is 8.01. The number of Topliss-reactive ketones (excluding diaryl/α,β-unsaturated/α-hetero) is 1. The van der Waals surface area contributed by atoms with Crippen molar-refractivity contribution in [3.05, 3.63) is 59.7 Å². The first kappa shape index (κ1) is 25.4. The predicted octanol–water partition coefficient (Wildman–Crippen LogP) is 6.29. The van der Waals surface area contributed by atoms with E-state index in [0.717, 1.165) is 42.3 Å². The van der Waals surface area contributed by atoms with Gasteiger partial charge < -0.3 is 14.5 Å². The summed E-state index contributed by atoms with van der Waals surface area (Å²) in [7, 11) is 0. The molecule has 6 nitrogen and oxygen atoms in total. The molecule has 5 rings (SSSR count). The molecule has 2 heterocycles. The molecule has 196 valence electrons. The Labute approximate surface area is 217 Å². The van der Waals surface area contributed by atoms with E-state index in [4.69, 9.17) is 9.47 Å². The number of fused-ring (bicyclic) bond motifs is 1. The van der Waals surface area contributed by atoms with Gasteiger partial charge in [-0.15, -0.1) is 0 Å². The molecule has 37 heavy (non-hydrogen) atoms. The number of benzene rings is 2. The third-order valence-corrected chi connectivity index (χ3v) is 8.01. The summed E-state index contributed by atoms with van der Waals surface area (Å²) in [6.45, 7) is 5.57. The summed E-state index contributed by atoms with van der Waals surface area (Å²) in [5, 5.41) is 0. The number of hydrogen-bond donors (Lipinski definition) is 1. The summed E-state index contributed by atoms with van der Waals surface area (Å²) in [4.78, 5) is 34.9. The number of ether oxygens (including phenoxy) is 2. The molecule has 0 spiro atoms. The van der Waals surface area contributed by atoms with Crippen LogP contribution in [0, 0.1) is 17.7 Å². The van der Waals surface area contributed by atoms with E-state index in [2.05, 4.69) is 9.97 Å². The topological polar surface area (TPSA) is 81.3 Å². The van der Waals surface area contributed by atoms with Crippen LogP contribution in [0.3, 0.4) is 0 Å². The molecule has 2 aliphatic rings. The molecule has 3 atom stereocenters. The fourth-order valence-electron chi connectivity index (χ4n) is 6.09. The highest BCUT2D eigenvalue weighted by molar-refractivity contribution is 6.02. The number of aromatic nitrogens is 2. The lowest BCUT2D eigenvalue weighted by molar-refractivity contribution is -0.186. The Morgan fingerprint density at radius 2 is 1.89 bits per heavy atom. The number of nitrogens with one attached hydrogen (secondary N) is 1. The number of halogens is 1. The number of rotatable bonds is 8. The van der Waals surface area contributed by atoms with Gasteiger partial charge in [0.25, 0.3) is 0 Å². The van der Waals surface area contributed by atoms with Crippen LogP contribution < -0.4 is 4.74 Å². The van der Waals surface area contributed by atoms with Crippen molar-refractivity contribution < 1.29 is 23.5 Å². The number of carbonyl (C=O) groups is 2. The maximum atomic E-state index is 14.6. The van der Waals surface area contributed by atoms with Crippen LogP contribution in [0.1, 0.15) is 76.6 Å². The van der Waals surface area contributed by atoms with Crippen LogP contribution in [-0.4, -0.2) is 33.4 Å². The second-order valence-corrected chi connectivity index (χ2v) is 10.9. The summed E-state index contributed by atoms with van der Waals surface area (Å²) in [5.74, 6) is -1.30. The molecule has 1 saturated carbocycles. The van der Waals surface area contributed by atoms with Crippen LogP contribution in [-0.2, 0) is 20.7 Å². The monoisotopic (exact) mass is 506 g/mol. The van der Waals surface area contributed by atoms with Gasteiger partial charge in [0, 0.05) is 12.3 Å². The SMILES string of the molecule is CC(C)Oc1ccc(CCC2(C3CCCC3)CC(=O)C(C(C)c3nc4ccccc4[nH]3)C(=O)O2)cc1F. The van der Waals surface area contributed by atoms with Crippen molar-refractivity contribution in [2.75, 3.05) is 0 Å². The van der Waals surface area contributed by atoms with E-state index in [9.17, 15) is 14.0 Å². The van der Waals surface area contributed by atoms with Gasteiger partial charge in [-0.2, -0.15) is 0 Å².